The van der Waals surface area contributed by atoms with Crippen molar-refractivity contribution >= 4 is 11.7 Å². The van der Waals surface area contributed by atoms with E-state index < -0.39 is 0 Å². The summed E-state index contributed by atoms with van der Waals surface area (Å²) in [5.74, 6) is 1.26. The van der Waals surface area contributed by atoms with E-state index in [-0.39, 0.29) is 5.91 Å². The molecule has 19 heavy (non-hydrogen) atoms. The van der Waals surface area contributed by atoms with Crippen molar-refractivity contribution in [1.82, 2.24) is 9.80 Å². The quantitative estimate of drug-likeness (QED) is 0.805. The van der Waals surface area contributed by atoms with Gasteiger partial charge in [-0.2, -0.15) is 0 Å². The number of amides is 1. The molecule has 1 aromatic rings. The molecule has 0 atom stereocenters. The van der Waals surface area contributed by atoms with Gasteiger partial charge in [-0.1, -0.05) is 30.3 Å². The normalized spacial score (nSPS) is 14.4. The van der Waals surface area contributed by atoms with Gasteiger partial charge in [0.25, 0.3) is 0 Å². The molecule has 0 aliphatic carbocycles. The van der Waals surface area contributed by atoms with Crippen molar-refractivity contribution in [2.75, 3.05) is 33.7 Å². The van der Waals surface area contributed by atoms with Gasteiger partial charge >= 0.3 is 0 Å². The molecule has 0 radical (unpaired) electrons. The number of carbonyl (C=O) groups is 1. The zero-order valence-electron chi connectivity index (χ0n) is 11.7. The molecule has 0 spiro atoms. The van der Waals surface area contributed by atoms with Crippen molar-refractivity contribution in [3.05, 3.63) is 35.9 Å². The molecule has 2 rings (SSSR count). The molecule has 1 amide bonds. The van der Waals surface area contributed by atoms with Crippen LogP contribution in [0.25, 0.3) is 0 Å². The Morgan fingerprint density at radius 2 is 2.05 bits per heavy atom. The summed E-state index contributed by atoms with van der Waals surface area (Å²) >= 11 is 0. The van der Waals surface area contributed by atoms with Crippen molar-refractivity contribution in [2.45, 2.75) is 12.8 Å². The third-order valence-electron chi connectivity index (χ3n) is 3.28. The highest BCUT2D eigenvalue weighted by Gasteiger charge is 2.18. The fourth-order valence-corrected chi connectivity index (χ4v) is 2.21. The number of carbonyl (C=O) groups excluding carboxylic acids is 1. The summed E-state index contributed by atoms with van der Waals surface area (Å²) in [5, 5.41) is 0. The molecule has 102 valence electrons. The Morgan fingerprint density at radius 1 is 1.32 bits per heavy atom. The monoisotopic (exact) mass is 259 g/mol. The van der Waals surface area contributed by atoms with Gasteiger partial charge in [0.05, 0.1) is 6.54 Å². The van der Waals surface area contributed by atoms with E-state index in [0.717, 1.165) is 31.9 Å². The molecule has 0 bridgehead atoms. The first-order chi connectivity index (χ1) is 9.18. The fourth-order valence-electron chi connectivity index (χ4n) is 2.21. The molecule has 1 aliphatic rings. The van der Waals surface area contributed by atoms with Crippen LogP contribution in [0.3, 0.4) is 0 Å². The van der Waals surface area contributed by atoms with Crippen molar-refractivity contribution in [3.63, 3.8) is 0 Å². The van der Waals surface area contributed by atoms with Gasteiger partial charge in [0, 0.05) is 39.2 Å². The molecule has 0 saturated carbocycles. The van der Waals surface area contributed by atoms with Crippen LogP contribution in [0.4, 0.5) is 0 Å². The summed E-state index contributed by atoms with van der Waals surface area (Å²) in [7, 11) is 3.60. The van der Waals surface area contributed by atoms with E-state index in [1.807, 2.05) is 18.2 Å². The lowest BCUT2D eigenvalue weighted by molar-refractivity contribution is -0.128. The van der Waals surface area contributed by atoms with E-state index in [1.165, 1.54) is 5.56 Å². The van der Waals surface area contributed by atoms with E-state index in [0.29, 0.717) is 6.42 Å². The SMILES string of the molecule is CN(C)C(=O)CCCN1CCN=C1c1ccccc1. The first-order valence-corrected chi connectivity index (χ1v) is 6.73. The lowest BCUT2D eigenvalue weighted by Crippen LogP contribution is -2.30. The molecule has 1 aromatic carbocycles. The van der Waals surface area contributed by atoms with Crippen LogP contribution >= 0.6 is 0 Å². The van der Waals surface area contributed by atoms with Crippen LogP contribution in [0.15, 0.2) is 35.3 Å². The highest BCUT2D eigenvalue weighted by Crippen LogP contribution is 2.12. The van der Waals surface area contributed by atoms with Crippen LogP contribution in [0.5, 0.6) is 0 Å². The number of amidine groups is 1. The standard InChI is InChI=1S/C15H21N3O/c1-17(2)14(19)9-6-11-18-12-10-16-15(18)13-7-4-3-5-8-13/h3-5,7-8H,6,9-12H2,1-2H3. The maximum absolute atomic E-state index is 11.5. The van der Waals surface area contributed by atoms with Gasteiger partial charge < -0.3 is 9.80 Å². The van der Waals surface area contributed by atoms with Gasteiger partial charge in [-0.15, -0.1) is 0 Å². The summed E-state index contributed by atoms with van der Waals surface area (Å²) < 4.78 is 0. The number of hydrogen-bond acceptors (Lipinski definition) is 3. The van der Waals surface area contributed by atoms with Gasteiger partial charge in [0.15, 0.2) is 0 Å². The summed E-state index contributed by atoms with van der Waals surface area (Å²) in [6.07, 6.45) is 1.48. The average molecular weight is 259 g/mol. The molecule has 0 fully saturated rings. The zero-order valence-corrected chi connectivity index (χ0v) is 11.7. The molecule has 1 heterocycles. The van der Waals surface area contributed by atoms with Gasteiger partial charge in [-0.05, 0) is 6.42 Å². The highest BCUT2D eigenvalue weighted by molar-refractivity contribution is 5.99. The Bertz CT molecular complexity index is 454. The second-order valence-corrected chi connectivity index (χ2v) is 4.95. The van der Waals surface area contributed by atoms with E-state index in [4.69, 9.17) is 0 Å². The Kier molecular flexibility index (Phi) is 4.55. The fraction of sp³-hybridized carbons (Fsp3) is 0.467. The van der Waals surface area contributed by atoms with E-state index in [2.05, 4.69) is 22.0 Å². The predicted octanol–water partition coefficient (Wildman–Crippen LogP) is 1.62. The first-order valence-electron chi connectivity index (χ1n) is 6.73. The summed E-state index contributed by atoms with van der Waals surface area (Å²) in [4.78, 5) is 20.0. The third-order valence-corrected chi connectivity index (χ3v) is 3.28. The van der Waals surface area contributed by atoms with Gasteiger partial charge in [-0.3, -0.25) is 9.79 Å². The zero-order chi connectivity index (χ0) is 13.7. The predicted molar refractivity (Wildman–Crippen MR) is 77.3 cm³/mol. The number of benzene rings is 1. The van der Waals surface area contributed by atoms with Crippen LogP contribution in [0.1, 0.15) is 18.4 Å². The minimum absolute atomic E-state index is 0.192. The Balaban J connectivity index is 1.88. The highest BCUT2D eigenvalue weighted by atomic mass is 16.2. The summed E-state index contributed by atoms with van der Waals surface area (Å²) in [6, 6.07) is 10.2. The van der Waals surface area contributed by atoms with Crippen LogP contribution in [-0.4, -0.2) is 55.3 Å². The minimum Gasteiger partial charge on any atom is -0.355 e. The maximum atomic E-state index is 11.5. The Morgan fingerprint density at radius 3 is 2.74 bits per heavy atom. The van der Waals surface area contributed by atoms with Crippen molar-refractivity contribution in [1.29, 1.82) is 0 Å². The lowest BCUT2D eigenvalue weighted by atomic mass is 10.2. The Hall–Kier alpha value is -1.84. The Labute approximate surface area is 114 Å². The number of nitrogens with zero attached hydrogens (tertiary/aromatic N) is 3. The molecular formula is C15H21N3O. The second kappa shape index (κ2) is 6.36. The minimum atomic E-state index is 0.192. The average Bonchev–Trinajstić information content (AvgIpc) is 2.88. The van der Waals surface area contributed by atoms with Gasteiger partial charge in [0.2, 0.25) is 5.91 Å². The molecule has 0 unspecified atom stereocenters. The van der Waals surface area contributed by atoms with E-state index in [9.17, 15) is 4.79 Å². The summed E-state index contributed by atoms with van der Waals surface area (Å²) in [6.45, 7) is 2.71. The van der Waals surface area contributed by atoms with Crippen molar-refractivity contribution < 1.29 is 4.79 Å². The molecule has 4 nitrogen and oxygen atoms in total. The number of rotatable bonds is 5. The van der Waals surface area contributed by atoms with Gasteiger partial charge in [-0.25, -0.2) is 0 Å². The summed E-state index contributed by atoms with van der Waals surface area (Å²) in [5.41, 5.74) is 1.17. The van der Waals surface area contributed by atoms with E-state index in [1.54, 1.807) is 19.0 Å². The first kappa shape index (κ1) is 13.6. The molecular weight excluding hydrogens is 238 g/mol. The van der Waals surface area contributed by atoms with E-state index >= 15 is 0 Å². The topological polar surface area (TPSA) is 35.9 Å². The molecule has 4 heteroatoms. The van der Waals surface area contributed by atoms with Crippen LogP contribution in [-0.2, 0) is 4.79 Å². The van der Waals surface area contributed by atoms with Gasteiger partial charge in [0.1, 0.15) is 5.84 Å². The molecule has 1 aliphatic heterocycles. The van der Waals surface area contributed by atoms with Crippen LogP contribution < -0.4 is 0 Å². The number of hydrogen-bond donors (Lipinski definition) is 0. The second-order valence-electron chi connectivity index (χ2n) is 4.95. The van der Waals surface area contributed by atoms with Crippen molar-refractivity contribution in [2.24, 2.45) is 4.99 Å². The number of aliphatic imine (C=N–C) groups is 1. The molecule has 0 saturated heterocycles. The van der Waals surface area contributed by atoms with Crippen LogP contribution in [0, 0.1) is 0 Å². The molecule has 0 aromatic heterocycles. The smallest absolute Gasteiger partial charge is 0.222 e. The lowest BCUT2D eigenvalue weighted by Gasteiger charge is -2.20. The largest absolute Gasteiger partial charge is 0.355 e. The van der Waals surface area contributed by atoms with Crippen LogP contribution in [0.2, 0.25) is 0 Å². The molecule has 0 N–H and O–H groups in total. The third kappa shape index (κ3) is 3.56. The van der Waals surface area contributed by atoms with Crippen molar-refractivity contribution in [3.8, 4) is 0 Å². The maximum Gasteiger partial charge on any atom is 0.222 e.